The molecule has 0 fully saturated rings. The van der Waals surface area contributed by atoms with Crippen molar-refractivity contribution in [2.24, 2.45) is 5.92 Å². The van der Waals surface area contributed by atoms with Gasteiger partial charge in [-0.25, -0.2) is 0 Å². The minimum Gasteiger partial charge on any atom is -0.393 e. The first kappa shape index (κ1) is 14.4. The second-order valence-corrected chi connectivity index (χ2v) is 5.42. The Bertz CT molecular complexity index is 626. The maximum Gasteiger partial charge on any atom is 0.270 e. The van der Waals surface area contributed by atoms with Crippen LogP contribution in [-0.2, 0) is 6.42 Å². The molecule has 2 rings (SSSR count). The number of nitro benzene ring substituents is 1. The van der Waals surface area contributed by atoms with Crippen molar-refractivity contribution in [3.05, 3.63) is 46.1 Å². The fourth-order valence-electron chi connectivity index (χ4n) is 2.25. The molecule has 0 spiro atoms. The zero-order chi connectivity index (χ0) is 14.7. The summed E-state index contributed by atoms with van der Waals surface area (Å²) >= 11 is 0. The Balaban J connectivity index is 2.21. The second-order valence-electron chi connectivity index (χ2n) is 5.42. The third kappa shape index (κ3) is 3.51. The van der Waals surface area contributed by atoms with E-state index in [9.17, 15) is 15.2 Å². The van der Waals surface area contributed by atoms with Crippen LogP contribution in [0.3, 0.4) is 0 Å². The highest BCUT2D eigenvalue weighted by Gasteiger charge is 2.11. The Morgan fingerprint density at radius 1 is 1.30 bits per heavy atom. The molecule has 0 aliphatic rings. The molecule has 0 radical (unpaired) electrons. The molecule has 1 unspecified atom stereocenters. The third-order valence-electron chi connectivity index (χ3n) is 3.13. The average molecular weight is 274 g/mol. The van der Waals surface area contributed by atoms with Crippen LogP contribution in [-0.4, -0.2) is 21.1 Å². The summed E-state index contributed by atoms with van der Waals surface area (Å²) in [5, 5.41) is 21.4. The highest BCUT2D eigenvalue weighted by atomic mass is 16.6. The second kappa shape index (κ2) is 5.96. The molecule has 0 saturated carbocycles. The number of benzene rings is 1. The minimum atomic E-state index is -0.417. The van der Waals surface area contributed by atoms with Gasteiger partial charge < -0.3 is 5.11 Å². The van der Waals surface area contributed by atoms with Crippen LogP contribution in [0.2, 0.25) is 0 Å². The van der Waals surface area contributed by atoms with Crippen molar-refractivity contribution in [1.82, 2.24) is 4.98 Å². The maximum atomic E-state index is 10.7. The topological polar surface area (TPSA) is 76.3 Å². The van der Waals surface area contributed by atoms with Crippen molar-refractivity contribution in [2.45, 2.75) is 32.8 Å². The summed E-state index contributed by atoms with van der Waals surface area (Å²) in [6.07, 6.45) is 0.837. The summed E-state index contributed by atoms with van der Waals surface area (Å²) in [6, 6.07) is 8.23. The Kier molecular flexibility index (Phi) is 4.29. The maximum absolute atomic E-state index is 10.7. The predicted octanol–water partition coefficient (Wildman–Crippen LogP) is 3.09. The number of aliphatic hydroxyl groups is 1. The first-order valence-corrected chi connectivity index (χ1v) is 6.68. The standard InChI is InChI=1S/C15H18N2O3/c1-10(2)7-14(18)9-12-4-3-11-8-13(17(19)20)5-6-15(11)16-12/h3-6,8,10,14,18H,7,9H2,1-2H3. The molecular weight excluding hydrogens is 256 g/mol. The molecule has 1 N–H and O–H groups in total. The van der Waals surface area contributed by atoms with Crippen molar-refractivity contribution in [3.8, 4) is 0 Å². The van der Waals surface area contributed by atoms with Gasteiger partial charge in [-0.05, 0) is 24.5 Å². The van der Waals surface area contributed by atoms with Crippen LogP contribution in [0.1, 0.15) is 26.0 Å². The van der Waals surface area contributed by atoms with Crippen LogP contribution in [0, 0.1) is 16.0 Å². The lowest BCUT2D eigenvalue weighted by Gasteiger charge is -2.12. The fourth-order valence-corrected chi connectivity index (χ4v) is 2.25. The van der Waals surface area contributed by atoms with Crippen molar-refractivity contribution >= 4 is 16.6 Å². The molecule has 1 aromatic carbocycles. The summed E-state index contributed by atoms with van der Waals surface area (Å²) < 4.78 is 0. The monoisotopic (exact) mass is 274 g/mol. The van der Waals surface area contributed by atoms with Gasteiger partial charge in [0.25, 0.3) is 5.69 Å². The molecule has 1 atom stereocenters. The molecule has 1 aromatic heterocycles. The highest BCUT2D eigenvalue weighted by Crippen LogP contribution is 2.20. The van der Waals surface area contributed by atoms with Gasteiger partial charge in [-0.15, -0.1) is 0 Å². The van der Waals surface area contributed by atoms with E-state index in [1.165, 1.54) is 12.1 Å². The zero-order valence-corrected chi connectivity index (χ0v) is 11.6. The fraction of sp³-hybridized carbons (Fsp3) is 0.400. The van der Waals surface area contributed by atoms with Crippen molar-refractivity contribution in [1.29, 1.82) is 0 Å². The number of non-ortho nitro benzene ring substituents is 1. The van der Waals surface area contributed by atoms with Crippen LogP contribution in [0.5, 0.6) is 0 Å². The van der Waals surface area contributed by atoms with E-state index in [0.717, 1.165) is 17.5 Å². The van der Waals surface area contributed by atoms with E-state index in [4.69, 9.17) is 0 Å². The third-order valence-corrected chi connectivity index (χ3v) is 3.13. The number of fused-ring (bicyclic) bond motifs is 1. The van der Waals surface area contributed by atoms with Gasteiger partial charge in [0.15, 0.2) is 0 Å². The van der Waals surface area contributed by atoms with E-state index in [2.05, 4.69) is 18.8 Å². The average Bonchev–Trinajstić information content (AvgIpc) is 2.36. The van der Waals surface area contributed by atoms with Gasteiger partial charge in [-0.3, -0.25) is 15.1 Å². The number of nitro groups is 1. The van der Waals surface area contributed by atoms with Crippen molar-refractivity contribution in [2.75, 3.05) is 0 Å². The number of rotatable bonds is 5. The van der Waals surface area contributed by atoms with E-state index < -0.39 is 11.0 Å². The molecule has 0 aliphatic heterocycles. The number of hydrogen-bond acceptors (Lipinski definition) is 4. The van der Waals surface area contributed by atoms with Gasteiger partial charge in [-0.1, -0.05) is 19.9 Å². The molecule has 5 heteroatoms. The van der Waals surface area contributed by atoms with E-state index in [-0.39, 0.29) is 5.69 Å². The molecule has 0 aliphatic carbocycles. The van der Waals surface area contributed by atoms with Gasteiger partial charge in [0.2, 0.25) is 0 Å². The normalized spacial score (nSPS) is 12.8. The SMILES string of the molecule is CC(C)CC(O)Cc1ccc2cc([N+](=O)[O-])ccc2n1. The van der Waals surface area contributed by atoms with E-state index in [1.807, 2.05) is 12.1 Å². The summed E-state index contributed by atoms with van der Waals surface area (Å²) in [5.41, 5.74) is 1.58. The molecule has 0 saturated heterocycles. The van der Waals surface area contributed by atoms with E-state index in [0.29, 0.717) is 17.9 Å². The molecule has 2 aromatic rings. The number of aromatic nitrogens is 1. The summed E-state index contributed by atoms with van der Waals surface area (Å²) in [4.78, 5) is 14.7. The van der Waals surface area contributed by atoms with Crippen LogP contribution in [0.25, 0.3) is 10.9 Å². The van der Waals surface area contributed by atoms with Gasteiger partial charge in [0, 0.05) is 29.6 Å². The van der Waals surface area contributed by atoms with Crippen LogP contribution < -0.4 is 0 Å². The number of aliphatic hydroxyl groups excluding tert-OH is 1. The smallest absolute Gasteiger partial charge is 0.270 e. The summed E-state index contributed by atoms with van der Waals surface area (Å²) in [5.74, 6) is 0.438. The lowest BCUT2D eigenvalue weighted by Crippen LogP contribution is -2.14. The number of hydrogen-bond donors (Lipinski definition) is 1. The van der Waals surface area contributed by atoms with Crippen molar-refractivity contribution in [3.63, 3.8) is 0 Å². The molecule has 106 valence electrons. The Labute approximate surface area is 117 Å². The molecule has 0 amide bonds. The summed E-state index contributed by atoms with van der Waals surface area (Å²) in [7, 11) is 0. The van der Waals surface area contributed by atoms with E-state index in [1.54, 1.807) is 6.07 Å². The Morgan fingerprint density at radius 3 is 2.70 bits per heavy atom. The molecule has 20 heavy (non-hydrogen) atoms. The first-order valence-electron chi connectivity index (χ1n) is 6.68. The van der Waals surface area contributed by atoms with Gasteiger partial charge in [0.05, 0.1) is 16.5 Å². The van der Waals surface area contributed by atoms with Crippen LogP contribution >= 0.6 is 0 Å². The van der Waals surface area contributed by atoms with Gasteiger partial charge in [0.1, 0.15) is 0 Å². The molecule has 5 nitrogen and oxygen atoms in total. The molecular formula is C15H18N2O3. The largest absolute Gasteiger partial charge is 0.393 e. The first-order chi connectivity index (χ1) is 9.45. The summed E-state index contributed by atoms with van der Waals surface area (Å²) in [6.45, 7) is 4.13. The van der Waals surface area contributed by atoms with Gasteiger partial charge in [-0.2, -0.15) is 0 Å². The number of pyridine rings is 1. The van der Waals surface area contributed by atoms with Gasteiger partial charge >= 0.3 is 0 Å². The van der Waals surface area contributed by atoms with Crippen molar-refractivity contribution < 1.29 is 10.0 Å². The Morgan fingerprint density at radius 2 is 2.05 bits per heavy atom. The lowest BCUT2D eigenvalue weighted by atomic mass is 10.0. The van der Waals surface area contributed by atoms with Crippen LogP contribution in [0.4, 0.5) is 5.69 Å². The van der Waals surface area contributed by atoms with Crippen LogP contribution in [0.15, 0.2) is 30.3 Å². The van der Waals surface area contributed by atoms with E-state index >= 15 is 0 Å². The zero-order valence-electron chi connectivity index (χ0n) is 11.6. The predicted molar refractivity (Wildman–Crippen MR) is 77.6 cm³/mol. The highest BCUT2D eigenvalue weighted by molar-refractivity contribution is 5.81. The molecule has 0 bridgehead atoms. The number of nitrogens with zero attached hydrogens (tertiary/aromatic N) is 2. The quantitative estimate of drug-likeness (QED) is 0.671. The lowest BCUT2D eigenvalue weighted by molar-refractivity contribution is -0.384. The Hall–Kier alpha value is -2.01. The minimum absolute atomic E-state index is 0.0619. The molecule has 1 heterocycles.